The van der Waals surface area contributed by atoms with E-state index >= 15 is 0 Å². The van der Waals surface area contributed by atoms with E-state index in [1.165, 1.54) is 19.3 Å². The maximum atomic E-state index is 6.22. The highest BCUT2D eigenvalue weighted by molar-refractivity contribution is 4.90. The highest BCUT2D eigenvalue weighted by Crippen LogP contribution is 2.38. The van der Waals surface area contributed by atoms with E-state index in [2.05, 4.69) is 37.9 Å². The third-order valence-corrected chi connectivity index (χ3v) is 4.18. The molecule has 0 aromatic rings. The second-order valence-corrected chi connectivity index (χ2v) is 6.16. The van der Waals surface area contributed by atoms with Crippen LogP contribution in [0.15, 0.2) is 0 Å². The van der Waals surface area contributed by atoms with Crippen molar-refractivity contribution in [1.29, 1.82) is 0 Å². The molecule has 1 aliphatic rings. The van der Waals surface area contributed by atoms with Crippen molar-refractivity contribution in [3.63, 3.8) is 0 Å². The first-order valence-electron chi connectivity index (χ1n) is 7.55. The van der Waals surface area contributed by atoms with Gasteiger partial charge in [0.25, 0.3) is 0 Å². The molecule has 3 nitrogen and oxygen atoms in total. The third kappa shape index (κ3) is 4.52. The Hall–Kier alpha value is -0.120. The molecule has 0 atom stereocenters. The third-order valence-electron chi connectivity index (χ3n) is 4.18. The van der Waals surface area contributed by atoms with Crippen LogP contribution in [0.3, 0.4) is 0 Å². The highest BCUT2D eigenvalue weighted by atomic mass is 16.5. The molecule has 0 aromatic heterocycles. The van der Waals surface area contributed by atoms with Crippen molar-refractivity contribution in [1.82, 2.24) is 10.2 Å². The number of ether oxygens (including phenoxy) is 1. The fourth-order valence-electron chi connectivity index (χ4n) is 2.87. The van der Waals surface area contributed by atoms with Crippen molar-refractivity contribution in [3.05, 3.63) is 0 Å². The van der Waals surface area contributed by atoms with Gasteiger partial charge in [-0.1, -0.05) is 0 Å². The first-order valence-corrected chi connectivity index (χ1v) is 7.55. The Kier molecular flexibility index (Phi) is 6.61. The van der Waals surface area contributed by atoms with Crippen molar-refractivity contribution in [3.8, 4) is 0 Å². The summed E-state index contributed by atoms with van der Waals surface area (Å²) in [5, 5.41) is 3.24. The van der Waals surface area contributed by atoms with Crippen LogP contribution in [0.25, 0.3) is 0 Å². The SMILES string of the molecule is CNCCC1(OCCN(C(C)C)C(C)C)CCC1. The van der Waals surface area contributed by atoms with Crippen LogP contribution in [0.4, 0.5) is 0 Å². The monoisotopic (exact) mass is 256 g/mol. The van der Waals surface area contributed by atoms with E-state index in [9.17, 15) is 0 Å². The zero-order valence-electron chi connectivity index (χ0n) is 13.0. The first kappa shape index (κ1) is 15.9. The number of hydrogen-bond donors (Lipinski definition) is 1. The fraction of sp³-hybridized carbons (Fsp3) is 1.00. The zero-order chi connectivity index (χ0) is 13.6. The molecule has 3 heteroatoms. The predicted molar refractivity (Wildman–Crippen MR) is 78.1 cm³/mol. The molecule has 1 rings (SSSR count). The van der Waals surface area contributed by atoms with Crippen molar-refractivity contribution in [2.24, 2.45) is 0 Å². The van der Waals surface area contributed by atoms with Crippen LogP contribution in [0.1, 0.15) is 53.4 Å². The Bertz CT molecular complexity index is 217. The summed E-state index contributed by atoms with van der Waals surface area (Å²) in [7, 11) is 2.02. The number of hydrogen-bond acceptors (Lipinski definition) is 3. The Balaban J connectivity index is 2.30. The molecule has 0 unspecified atom stereocenters. The van der Waals surface area contributed by atoms with E-state index in [4.69, 9.17) is 4.74 Å². The van der Waals surface area contributed by atoms with Crippen LogP contribution >= 0.6 is 0 Å². The summed E-state index contributed by atoms with van der Waals surface area (Å²) in [6.45, 7) is 12.1. The van der Waals surface area contributed by atoms with Gasteiger partial charge in [-0.15, -0.1) is 0 Å². The van der Waals surface area contributed by atoms with Crippen molar-refractivity contribution >= 4 is 0 Å². The first-order chi connectivity index (χ1) is 8.51. The molecule has 0 radical (unpaired) electrons. The summed E-state index contributed by atoms with van der Waals surface area (Å²) in [5.74, 6) is 0. The zero-order valence-corrected chi connectivity index (χ0v) is 13.0. The van der Waals surface area contributed by atoms with Gasteiger partial charge in [0.1, 0.15) is 0 Å². The van der Waals surface area contributed by atoms with E-state index in [1.54, 1.807) is 0 Å². The van der Waals surface area contributed by atoms with Crippen LogP contribution in [0.2, 0.25) is 0 Å². The van der Waals surface area contributed by atoms with Gasteiger partial charge >= 0.3 is 0 Å². The molecule has 0 amide bonds. The van der Waals surface area contributed by atoms with Gasteiger partial charge in [0.15, 0.2) is 0 Å². The molecule has 0 aromatic carbocycles. The van der Waals surface area contributed by atoms with Gasteiger partial charge in [0.05, 0.1) is 12.2 Å². The molecular weight excluding hydrogens is 224 g/mol. The van der Waals surface area contributed by atoms with Crippen LogP contribution in [-0.2, 0) is 4.74 Å². The molecule has 0 heterocycles. The second kappa shape index (κ2) is 7.46. The molecule has 0 aliphatic heterocycles. The molecule has 18 heavy (non-hydrogen) atoms. The van der Waals surface area contributed by atoms with Crippen LogP contribution in [0, 0.1) is 0 Å². The van der Waals surface area contributed by atoms with E-state index in [-0.39, 0.29) is 5.60 Å². The summed E-state index contributed by atoms with van der Waals surface area (Å²) in [4.78, 5) is 2.50. The molecule has 1 saturated carbocycles. The van der Waals surface area contributed by atoms with Crippen LogP contribution in [-0.4, -0.2) is 49.3 Å². The summed E-state index contributed by atoms with van der Waals surface area (Å²) in [5.41, 5.74) is 0.197. The number of rotatable bonds is 9. The maximum absolute atomic E-state index is 6.22. The summed E-state index contributed by atoms with van der Waals surface area (Å²) < 4.78 is 6.22. The summed E-state index contributed by atoms with van der Waals surface area (Å²) in [6, 6.07) is 1.20. The van der Waals surface area contributed by atoms with Gasteiger partial charge in [-0.3, -0.25) is 4.90 Å². The lowest BCUT2D eigenvalue weighted by Crippen LogP contribution is -2.45. The van der Waals surface area contributed by atoms with Crippen molar-refractivity contribution in [2.75, 3.05) is 26.7 Å². The van der Waals surface area contributed by atoms with Crippen molar-refractivity contribution < 1.29 is 4.74 Å². The molecule has 1 N–H and O–H groups in total. The largest absolute Gasteiger partial charge is 0.374 e. The van der Waals surface area contributed by atoms with E-state index < -0.39 is 0 Å². The smallest absolute Gasteiger partial charge is 0.0695 e. The van der Waals surface area contributed by atoms with E-state index in [1.807, 2.05) is 7.05 Å². The molecule has 1 aliphatic carbocycles. The standard InChI is InChI=1S/C15H32N2O/c1-13(2)17(14(3)4)11-12-18-15(7-6-8-15)9-10-16-5/h13-14,16H,6-12H2,1-5H3. The van der Waals surface area contributed by atoms with Crippen LogP contribution < -0.4 is 5.32 Å². The molecule has 0 bridgehead atoms. The average molecular weight is 256 g/mol. The minimum absolute atomic E-state index is 0.197. The molecule has 0 spiro atoms. The van der Waals surface area contributed by atoms with Gasteiger partial charge in [-0.25, -0.2) is 0 Å². The molecule has 1 fully saturated rings. The van der Waals surface area contributed by atoms with E-state index in [0.29, 0.717) is 12.1 Å². The number of nitrogens with zero attached hydrogens (tertiary/aromatic N) is 1. The van der Waals surface area contributed by atoms with Crippen molar-refractivity contribution in [2.45, 2.75) is 71.1 Å². The maximum Gasteiger partial charge on any atom is 0.0695 e. The average Bonchev–Trinajstić information content (AvgIpc) is 2.25. The van der Waals surface area contributed by atoms with E-state index in [0.717, 1.165) is 26.1 Å². The fourth-order valence-corrected chi connectivity index (χ4v) is 2.87. The van der Waals surface area contributed by atoms with Gasteiger partial charge in [0.2, 0.25) is 0 Å². The minimum Gasteiger partial charge on any atom is -0.374 e. The Morgan fingerprint density at radius 3 is 2.17 bits per heavy atom. The van der Waals surface area contributed by atoms with Gasteiger partial charge in [-0.2, -0.15) is 0 Å². The van der Waals surface area contributed by atoms with Crippen LogP contribution in [0.5, 0.6) is 0 Å². The quantitative estimate of drug-likeness (QED) is 0.686. The molecule has 108 valence electrons. The van der Waals surface area contributed by atoms with Gasteiger partial charge in [-0.05, 0) is 67.0 Å². The Morgan fingerprint density at radius 1 is 1.17 bits per heavy atom. The van der Waals surface area contributed by atoms with Gasteiger partial charge in [0, 0.05) is 18.6 Å². The summed E-state index contributed by atoms with van der Waals surface area (Å²) >= 11 is 0. The topological polar surface area (TPSA) is 24.5 Å². The second-order valence-electron chi connectivity index (χ2n) is 6.16. The Labute approximate surface area is 113 Å². The lowest BCUT2D eigenvalue weighted by molar-refractivity contribution is -0.110. The predicted octanol–water partition coefficient (Wildman–Crippen LogP) is 2.65. The lowest BCUT2D eigenvalue weighted by Gasteiger charge is -2.42. The normalized spacial score (nSPS) is 18.7. The lowest BCUT2D eigenvalue weighted by atomic mass is 9.77. The molecule has 0 saturated heterocycles. The number of nitrogens with one attached hydrogen (secondary N) is 1. The Morgan fingerprint density at radius 2 is 1.78 bits per heavy atom. The minimum atomic E-state index is 0.197. The summed E-state index contributed by atoms with van der Waals surface area (Å²) in [6.07, 6.45) is 4.99. The molecular formula is C15H32N2O. The highest BCUT2D eigenvalue weighted by Gasteiger charge is 2.37. The van der Waals surface area contributed by atoms with Gasteiger partial charge < -0.3 is 10.1 Å².